The van der Waals surface area contributed by atoms with E-state index in [-0.39, 0.29) is 11.4 Å². The Morgan fingerprint density at radius 2 is 1.50 bits per heavy atom. The van der Waals surface area contributed by atoms with Gasteiger partial charge in [0, 0.05) is 0 Å². The van der Waals surface area contributed by atoms with Gasteiger partial charge in [0.15, 0.2) is 16.4 Å². The fraction of sp³-hybridized carbons (Fsp3) is 0.240. The van der Waals surface area contributed by atoms with Gasteiger partial charge in [-0.1, -0.05) is 48.5 Å². The summed E-state index contributed by atoms with van der Waals surface area (Å²) in [6, 6.07) is 16.1. The Hall–Kier alpha value is -4.52. The molecule has 0 amide bonds. The smallest absolute Gasteiger partial charge is 0.333 e. The first-order chi connectivity index (χ1) is 18.0. The van der Waals surface area contributed by atoms with Crippen molar-refractivity contribution in [2.45, 2.75) is 24.4 Å². The number of nitrogen functional groups attached to an aromatic ring is 1. The summed E-state index contributed by atoms with van der Waals surface area (Å²) in [6.07, 6.45) is -0.542. The number of hydrogen-bond acceptors (Lipinski definition) is 10. The number of ether oxygens (including phenoxy) is 2. The Bertz CT molecular complexity index is 1560. The molecule has 0 aliphatic rings. The van der Waals surface area contributed by atoms with Crippen LogP contribution in [-0.4, -0.2) is 54.7 Å². The average Bonchev–Trinajstić information content (AvgIpc) is 2.92. The van der Waals surface area contributed by atoms with Crippen LogP contribution in [0.5, 0.6) is 0 Å². The van der Waals surface area contributed by atoms with Crippen molar-refractivity contribution in [3.05, 3.63) is 92.6 Å². The van der Waals surface area contributed by atoms with Gasteiger partial charge in [-0.2, -0.15) is 0 Å². The summed E-state index contributed by atoms with van der Waals surface area (Å²) in [6.45, 7) is -1.84. The third-order valence-corrected chi connectivity index (χ3v) is 7.22. The molecule has 1 heterocycles. The summed E-state index contributed by atoms with van der Waals surface area (Å²) < 4.78 is 35.6. The van der Waals surface area contributed by atoms with Gasteiger partial charge in [-0.05, 0) is 17.7 Å². The van der Waals surface area contributed by atoms with E-state index in [4.69, 9.17) is 10.5 Å². The van der Waals surface area contributed by atoms with E-state index in [1.54, 1.807) is 48.5 Å². The molecule has 0 fully saturated rings. The lowest BCUT2D eigenvalue weighted by molar-refractivity contribution is -0.142. The van der Waals surface area contributed by atoms with Crippen molar-refractivity contribution in [2.24, 2.45) is 0 Å². The van der Waals surface area contributed by atoms with Gasteiger partial charge in [-0.3, -0.25) is 23.7 Å². The van der Waals surface area contributed by atoms with Crippen LogP contribution >= 0.6 is 0 Å². The molecule has 3 rings (SSSR count). The number of nitrogens with two attached hydrogens (primary N) is 1. The predicted octanol–water partition coefficient (Wildman–Crippen LogP) is 0.403. The zero-order valence-corrected chi connectivity index (χ0v) is 21.2. The van der Waals surface area contributed by atoms with E-state index in [1.807, 2.05) is 0 Å². The molecular weight excluding hydrogens is 518 g/mol. The SMILES string of the molecule is COC(=O)Cn1c(=O)c(C(=O)COC(=O)CCS(=O)(=O)c2ccccc2)c(N)n(Cc2ccccc2)c1=O. The Morgan fingerprint density at radius 3 is 2.11 bits per heavy atom. The number of anilines is 1. The third kappa shape index (κ3) is 6.62. The number of esters is 2. The molecule has 1 aromatic heterocycles. The van der Waals surface area contributed by atoms with Crippen molar-refractivity contribution in [1.82, 2.24) is 9.13 Å². The van der Waals surface area contributed by atoms with Crippen LogP contribution < -0.4 is 17.0 Å². The monoisotopic (exact) mass is 543 g/mol. The minimum Gasteiger partial charge on any atom is -0.468 e. The van der Waals surface area contributed by atoms with E-state index in [0.717, 1.165) is 11.7 Å². The van der Waals surface area contributed by atoms with Crippen LogP contribution in [0.3, 0.4) is 0 Å². The molecule has 13 heteroatoms. The molecule has 0 bridgehead atoms. The maximum absolute atomic E-state index is 13.0. The summed E-state index contributed by atoms with van der Waals surface area (Å²) in [5.41, 5.74) is 3.91. The van der Waals surface area contributed by atoms with Crippen LogP contribution in [0.4, 0.5) is 5.82 Å². The standard InChI is InChI=1S/C25H25N3O9S/c1-36-21(31)15-28-24(32)22(23(26)27(25(28)33)14-17-8-4-2-5-9-17)19(29)16-37-20(30)12-13-38(34,35)18-10-6-3-7-11-18/h2-11H,12-16,26H2,1H3. The lowest BCUT2D eigenvalue weighted by atomic mass is 10.2. The fourth-order valence-corrected chi connectivity index (χ4v) is 4.73. The van der Waals surface area contributed by atoms with Crippen molar-refractivity contribution in [1.29, 1.82) is 0 Å². The highest BCUT2D eigenvalue weighted by Gasteiger charge is 2.25. The zero-order chi connectivity index (χ0) is 27.9. The Kier molecular flexibility index (Phi) is 8.97. The van der Waals surface area contributed by atoms with E-state index in [0.29, 0.717) is 10.1 Å². The van der Waals surface area contributed by atoms with Gasteiger partial charge in [0.1, 0.15) is 17.9 Å². The summed E-state index contributed by atoms with van der Waals surface area (Å²) in [4.78, 5) is 62.9. The number of nitrogens with zero attached hydrogens (tertiary/aromatic N) is 2. The highest BCUT2D eigenvalue weighted by Crippen LogP contribution is 2.13. The molecule has 0 saturated heterocycles. The Morgan fingerprint density at radius 1 is 0.895 bits per heavy atom. The summed E-state index contributed by atoms with van der Waals surface area (Å²) in [5.74, 6) is -3.97. The van der Waals surface area contributed by atoms with E-state index in [9.17, 15) is 32.4 Å². The molecular formula is C25H25N3O9S. The lowest BCUT2D eigenvalue weighted by Gasteiger charge is -2.16. The van der Waals surface area contributed by atoms with Crippen molar-refractivity contribution < 1.29 is 32.3 Å². The molecule has 2 N–H and O–H groups in total. The molecule has 2 aromatic carbocycles. The summed E-state index contributed by atoms with van der Waals surface area (Å²) in [7, 11) is -2.69. The molecule has 0 unspecified atom stereocenters. The second-order valence-corrected chi connectivity index (χ2v) is 10.2. The predicted molar refractivity (Wildman–Crippen MR) is 135 cm³/mol. The molecule has 0 aliphatic carbocycles. The topological polar surface area (TPSA) is 174 Å². The quantitative estimate of drug-likeness (QED) is 0.263. The second-order valence-electron chi connectivity index (χ2n) is 8.05. The lowest BCUT2D eigenvalue weighted by Crippen LogP contribution is -2.46. The molecule has 0 atom stereocenters. The third-order valence-electron chi connectivity index (χ3n) is 5.49. The van der Waals surface area contributed by atoms with E-state index >= 15 is 0 Å². The van der Waals surface area contributed by atoms with Gasteiger partial charge in [-0.15, -0.1) is 0 Å². The van der Waals surface area contributed by atoms with Crippen molar-refractivity contribution >= 4 is 33.4 Å². The van der Waals surface area contributed by atoms with Gasteiger partial charge >= 0.3 is 17.6 Å². The van der Waals surface area contributed by atoms with Crippen LogP contribution in [0.15, 0.2) is 75.1 Å². The Labute approximate surface area is 217 Å². The zero-order valence-electron chi connectivity index (χ0n) is 20.4. The number of aromatic nitrogens is 2. The van der Waals surface area contributed by atoms with Gasteiger partial charge in [-0.25, -0.2) is 17.8 Å². The number of carbonyl (C=O) groups is 3. The van der Waals surface area contributed by atoms with E-state index in [2.05, 4.69) is 4.74 Å². The van der Waals surface area contributed by atoms with E-state index in [1.165, 1.54) is 12.1 Å². The molecule has 0 radical (unpaired) electrons. The Balaban J connectivity index is 1.83. The number of Topliss-reactive ketones (excluding diaryl/α,β-unsaturated/α-hetero) is 1. The maximum Gasteiger partial charge on any atom is 0.333 e. The van der Waals surface area contributed by atoms with Gasteiger partial charge in [0.25, 0.3) is 5.56 Å². The largest absolute Gasteiger partial charge is 0.468 e. The van der Waals surface area contributed by atoms with Crippen LogP contribution in [0, 0.1) is 0 Å². The van der Waals surface area contributed by atoms with E-state index < -0.39 is 75.5 Å². The number of carbonyl (C=O) groups excluding carboxylic acids is 3. The van der Waals surface area contributed by atoms with Crippen molar-refractivity contribution in [3.8, 4) is 0 Å². The first kappa shape index (κ1) is 28.1. The second kappa shape index (κ2) is 12.1. The first-order valence-corrected chi connectivity index (χ1v) is 12.9. The molecule has 200 valence electrons. The number of hydrogen-bond donors (Lipinski definition) is 1. The minimum atomic E-state index is -3.76. The average molecular weight is 544 g/mol. The highest BCUT2D eigenvalue weighted by atomic mass is 32.2. The normalized spacial score (nSPS) is 11.1. The minimum absolute atomic E-state index is 0.0310. The molecule has 0 aliphatic heterocycles. The van der Waals surface area contributed by atoms with Crippen LogP contribution in [0.25, 0.3) is 0 Å². The molecule has 12 nitrogen and oxygen atoms in total. The van der Waals surface area contributed by atoms with Gasteiger partial charge in [0.05, 0.1) is 30.7 Å². The number of methoxy groups -OCH3 is 1. The fourth-order valence-electron chi connectivity index (χ4n) is 3.48. The summed E-state index contributed by atoms with van der Waals surface area (Å²) in [5, 5.41) is 0. The highest BCUT2D eigenvalue weighted by molar-refractivity contribution is 7.91. The first-order valence-electron chi connectivity index (χ1n) is 11.3. The van der Waals surface area contributed by atoms with Crippen LogP contribution in [0.2, 0.25) is 0 Å². The number of sulfone groups is 1. The van der Waals surface area contributed by atoms with Gasteiger partial charge in [0.2, 0.25) is 5.78 Å². The van der Waals surface area contributed by atoms with Gasteiger partial charge < -0.3 is 15.2 Å². The van der Waals surface area contributed by atoms with Crippen LogP contribution in [0.1, 0.15) is 22.3 Å². The molecule has 0 saturated carbocycles. The molecule has 38 heavy (non-hydrogen) atoms. The number of ketones is 1. The summed E-state index contributed by atoms with van der Waals surface area (Å²) >= 11 is 0. The van der Waals surface area contributed by atoms with Crippen LogP contribution in [-0.2, 0) is 42.0 Å². The number of benzene rings is 2. The molecule has 3 aromatic rings. The van der Waals surface area contributed by atoms with Crippen molar-refractivity contribution in [2.75, 3.05) is 25.2 Å². The number of rotatable bonds is 11. The molecule has 0 spiro atoms. The maximum atomic E-state index is 13.0. The van der Waals surface area contributed by atoms with Crippen molar-refractivity contribution in [3.63, 3.8) is 0 Å².